The normalized spacial score (nSPS) is 10.2. The van der Waals surface area contributed by atoms with Crippen LogP contribution in [-0.2, 0) is 9.53 Å². The Morgan fingerprint density at radius 2 is 1.90 bits per heavy atom. The lowest BCUT2D eigenvalue weighted by Gasteiger charge is -2.08. The number of hydrogen-bond donors (Lipinski definition) is 1. The number of carbonyl (C=O) groups excluding carboxylic acids is 2. The van der Waals surface area contributed by atoms with Crippen molar-refractivity contribution in [1.29, 1.82) is 0 Å². The molecule has 1 aromatic rings. The number of amides is 1. The van der Waals surface area contributed by atoms with Crippen LogP contribution in [0, 0.1) is 16.0 Å². The van der Waals surface area contributed by atoms with Crippen LogP contribution in [-0.4, -0.2) is 30.0 Å². The zero-order chi connectivity index (χ0) is 15.1. The van der Waals surface area contributed by atoms with Gasteiger partial charge < -0.3 is 10.1 Å². The molecule has 0 spiro atoms. The van der Waals surface area contributed by atoms with Crippen LogP contribution in [0.2, 0.25) is 0 Å². The maximum atomic E-state index is 11.6. The first kappa shape index (κ1) is 15.6. The molecule has 1 N–H and O–H groups in total. The summed E-state index contributed by atoms with van der Waals surface area (Å²) in [5, 5.41) is 13.1. The number of nitro groups is 1. The summed E-state index contributed by atoms with van der Waals surface area (Å²) in [5.41, 5.74) is 0.0449. The monoisotopic (exact) mass is 280 g/mol. The third-order valence-corrected chi connectivity index (χ3v) is 2.36. The molecule has 0 saturated heterocycles. The Hall–Kier alpha value is -2.44. The van der Waals surface area contributed by atoms with Crippen molar-refractivity contribution < 1.29 is 19.2 Å². The van der Waals surface area contributed by atoms with Gasteiger partial charge in [0, 0.05) is 18.7 Å². The molecule has 20 heavy (non-hydrogen) atoms. The predicted octanol–water partition coefficient (Wildman–Crippen LogP) is 1.52. The topological polar surface area (TPSA) is 98.5 Å². The van der Waals surface area contributed by atoms with Crippen LogP contribution in [0.15, 0.2) is 24.3 Å². The Morgan fingerprint density at radius 3 is 2.40 bits per heavy atom. The second-order valence-corrected chi connectivity index (χ2v) is 4.58. The van der Waals surface area contributed by atoms with Crippen molar-refractivity contribution in [3.8, 4) is 0 Å². The van der Waals surface area contributed by atoms with Crippen molar-refractivity contribution in [2.45, 2.75) is 13.8 Å². The number of nitrogens with zero attached hydrogens (tertiary/aromatic N) is 1. The maximum absolute atomic E-state index is 11.6. The largest absolute Gasteiger partial charge is 0.452 e. The Bertz CT molecular complexity index is 496. The molecule has 0 radical (unpaired) electrons. The second kappa shape index (κ2) is 7.22. The van der Waals surface area contributed by atoms with Crippen molar-refractivity contribution in [2.24, 2.45) is 5.92 Å². The molecule has 1 rings (SSSR count). The summed E-state index contributed by atoms with van der Waals surface area (Å²) < 4.78 is 4.80. The molecule has 7 heteroatoms. The Balaban J connectivity index is 2.46. The number of carbonyl (C=O) groups is 2. The van der Waals surface area contributed by atoms with E-state index in [9.17, 15) is 19.7 Å². The molecule has 0 bridgehead atoms. The smallest absolute Gasteiger partial charge is 0.338 e. The summed E-state index contributed by atoms with van der Waals surface area (Å²) in [4.78, 5) is 32.8. The molecule has 0 heterocycles. The molecule has 0 aromatic heterocycles. The van der Waals surface area contributed by atoms with Gasteiger partial charge in [0.25, 0.3) is 11.6 Å². The SMILES string of the molecule is CC(C)CNC(=O)COC(=O)c1ccc([N+](=O)[O-])cc1. The lowest BCUT2D eigenvalue weighted by Crippen LogP contribution is -2.31. The fourth-order valence-corrected chi connectivity index (χ4v) is 1.30. The number of esters is 1. The number of hydrogen-bond acceptors (Lipinski definition) is 5. The van der Waals surface area contributed by atoms with E-state index in [0.29, 0.717) is 12.5 Å². The van der Waals surface area contributed by atoms with Crippen LogP contribution < -0.4 is 5.32 Å². The van der Waals surface area contributed by atoms with Gasteiger partial charge in [-0.25, -0.2) is 4.79 Å². The molecule has 0 unspecified atom stereocenters. The minimum Gasteiger partial charge on any atom is -0.452 e. The van der Waals surface area contributed by atoms with Gasteiger partial charge in [-0.2, -0.15) is 0 Å². The number of benzene rings is 1. The van der Waals surface area contributed by atoms with Crippen LogP contribution in [0.25, 0.3) is 0 Å². The lowest BCUT2D eigenvalue weighted by atomic mass is 10.2. The minimum absolute atomic E-state index is 0.115. The first-order valence-corrected chi connectivity index (χ1v) is 6.08. The average Bonchev–Trinajstić information content (AvgIpc) is 2.42. The standard InChI is InChI=1S/C13H16N2O5/c1-9(2)7-14-12(16)8-20-13(17)10-3-5-11(6-4-10)15(18)19/h3-6,9H,7-8H2,1-2H3,(H,14,16). The van der Waals surface area contributed by atoms with E-state index in [1.807, 2.05) is 13.8 Å². The zero-order valence-electron chi connectivity index (χ0n) is 11.3. The molecule has 1 aromatic carbocycles. The van der Waals surface area contributed by atoms with Gasteiger partial charge in [-0.05, 0) is 18.1 Å². The molecule has 0 saturated carbocycles. The van der Waals surface area contributed by atoms with Crippen molar-refractivity contribution >= 4 is 17.6 Å². The van der Waals surface area contributed by atoms with E-state index in [4.69, 9.17) is 4.74 Å². The van der Waals surface area contributed by atoms with Gasteiger partial charge in [0.05, 0.1) is 10.5 Å². The van der Waals surface area contributed by atoms with E-state index < -0.39 is 10.9 Å². The van der Waals surface area contributed by atoms with Crippen LogP contribution >= 0.6 is 0 Å². The van der Waals surface area contributed by atoms with E-state index in [0.717, 1.165) is 0 Å². The molecular weight excluding hydrogens is 264 g/mol. The molecule has 0 aliphatic rings. The van der Waals surface area contributed by atoms with Gasteiger partial charge in [-0.15, -0.1) is 0 Å². The average molecular weight is 280 g/mol. The van der Waals surface area contributed by atoms with Crippen LogP contribution in [0.1, 0.15) is 24.2 Å². The van der Waals surface area contributed by atoms with Gasteiger partial charge in [0.2, 0.25) is 0 Å². The van der Waals surface area contributed by atoms with Gasteiger partial charge >= 0.3 is 5.97 Å². The fraction of sp³-hybridized carbons (Fsp3) is 0.385. The highest BCUT2D eigenvalue weighted by Gasteiger charge is 2.12. The highest BCUT2D eigenvalue weighted by Crippen LogP contribution is 2.12. The quantitative estimate of drug-likeness (QED) is 0.484. The summed E-state index contributed by atoms with van der Waals surface area (Å²) in [6, 6.07) is 4.98. The Morgan fingerprint density at radius 1 is 1.30 bits per heavy atom. The van der Waals surface area contributed by atoms with Crippen molar-refractivity contribution in [1.82, 2.24) is 5.32 Å². The fourth-order valence-electron chi connectivity index (χ4n) is 1.30. The molecule has 0 aliphatic carbocycles. The van der Waals surface area contributed by atoms with Gasteiger partial charge in [-0.1, -0.05) is 13.8 Å². The summed E-state index contributed by atoms with van der Waals surface area (Å²) in [7, 11) is 0. The molecule has 108 valence electrons. The van der Waals surface area contributed by atoms with Crippen molar-refractivity contribution in [3.05, 3.63) is 39.9 Å². The van der Waals surface area contributed by atoms with E-state index in [-0.39, 0.29) is 23.8 Å². The van der Waals surface area contributed by atoms with Gasteiger partial charge in [-0.3, -0.25) is 14.9 Å². The number of nitro benzene ring substituents is 1. The first-order valence-electron chi connectivity index (χ1n) is 6.08. The summed E-state index contributed by atoms with van der Waals surface area (Å²) in [6.07, 6.45) is 0. The Labute approximate surface area is 116 Å². The van der Waals surface area contributed by atoms with E-state index >= 15 is 0 Å². The second-order valence-electron chi connectivity index (χ2n) is 4.58. The van der Waals surface area contributed by atoms with E-state index in [2.05, 4.69) is 5.32 Å². The van der Waals surface area contributed by atoms with Crippen LogP contribution in [0.3, 0.4) is 0 Å². The van der Waals surface area contributed by atoms with Gasteiger partial charge in [0.15, 0.2) is 6.61 Å². The minimum atomic E-state index is -0.695. The lowest BCUT2D eigenvalue weighted by molar-refractivity contribution is -0.384. The summed E-state index contributed by atoms with van der Waals surface area (Å²) in [6.45, 7) is 4.03. The number of ether oxygens (including phenoxy) is 1. The van der Waals surface area contributed by atoms with Gasteiger partial charge in [0.1, 0.15) is 0 Å². The number of nitrogens with one attached hydrogen (secondary N) is 1. The highest BCUT2D eigenvalue weighted by molar-refractivity contribution is 5.91. The molecule has 7 nitrogen and oxygen atoms in total. The summed E-state index contributed by atoms with van der Waals surface area (Å²) >= 11 is 0. The zero-order valence-corrected chi connectivity index (χ0v) is 11.3. The number of rotatable bonds is 6. The molecular formula is C13H16N2O5. The third-order valence-electron chi connectivity index (χ3n) is 2.36. The highest BCUT2D eigenvalue weighted by atomic mass is 16.6. The molecule has 0 aliphatic heterocycles. The van der Waals surface area contributed by atoms with Crippen molar-refractivity contribution in [2.75, 3.05) is 13.2 Å². The maximum Gasteiger partial charge on any atom is 0.338 e. The molecule has 0 atom stereocenters. The summed E-state index contributed by atoms with van der Waals surface area (Å²) in [5.74, 6) is -0.766. The number of non-ortho nitro benzene ring substituents is 1. The van der Waals surface area contributed by atoms with Crippen LogP contribution in [0.5, 0.6) is 0 Å². The molecule has 1 amide bonds. The van der Waals surface area contributed by atoms with E-state index in [1.54, 1.807) is 0 Å². The van der Waals surface area contributed by atoms with Crippen LogP contribution in [0.4, 0.5) is 5.69 Å². The Kier molecular flexibility index (Phi) is 5.64. The third kappa shape index (κ3) is 5.05. The molecule has 0 fully saturated rings. The first-order chi connectivity index (χ1) is 9.40. The van der Waals surface area contributed by atoms with E-state index in [1.165, 1.54) is 24.3 Å². The van der Waals surface area contributed by atoms with Crippen molar-refractivity contribution in [3.63, 3.8) is 0 Å². The predicted molar refractivity (Wildman–Crippen MR) is 71.2 cm³/mol.